The van der Waals surface area contributed by atoms with Crippen molar-refractivity contribution in [2.24, 2.45) is 0 Å². The van der Waals surface area contributed by atoms with Crippen LogP contribution in [0.2, 0.25) is 0 Å². The fourth-order valence-corrected chi connectivity index (χ4v) is 1.17. The highest BCUT2D eigenvalue weighted by Gasteiger charge is 2.27. The normalized spacial score (nSPS) is 11.9. The lowest BCUT2D eigenvalue weighted by Crippen LogP contribution is -2.32. The molecule has 0 spiro atoms. The van der Waals surface area contributed by atoms with Crippen molar-refractivity contribution in [2.75, 3.05) is 40.0 Å². The first-order valence-electron chi connectivity index (χ1n) is 5.32. The molecule has 17 heavy (non-hydrogen) atoms. The van der Waals surface area contributed by atoms with Gasteiger partial charge in [0.2, 0.25) is 0 Å². The quantitative estimate of drug-likeness (QED) is 0.487. The van der Waals surface area contributed by atoms with Crippen molar-refractivity contribution in [1.29, 1.82) is 0 Å². The number of halogens is 3. The molecule has 0 N–H and O–H groups in total. The van der Waals surface area contributed by atoms with Gasteiger partial charge in [0.25, 0.3) is 0 Å². The van der Waals surface area contributed by atoms with Gasteiger partial charge in [-0.1, -0.05) is 6.92 Å². The molecule has 102 valence electrons. The molecule has 0 aliphatic rings. The molecule has 0 amide bonds. The van der Waals surface area contributed by atoms with E-state index in [-0.39, 0.29) is 19.1 Å². The lowest BCUT2D eigenvalue weighted by Gasteiger charge is -2.18. The van der Waals surface area contributed by atoms with E-state index in [1.54, 1.807) is 4.90 Å². The monoisotopic (exact) mass is 257 g/mol. The molecule has 7 heteroatoms. The van der Waals surface area contributed by atoms with Gasteiger partial charge in [0.05, 0.1) is 13.7 Å². The summed E-state index contributed by atoms with van der Waals surface area (Å²) in [6.45, 7) is 1.94. The number of ether oxygens (including phenoxy) is 2. The van der Waals surface area contributed by atoms with E-state index < -0.39 is 12.8 Å². The highest BCUT2D eigenvalue weighted by molar-refractivity contribution is 5.71. The van der Waals surface area contributed by atoms with Crippen LogP contribution in [-0.2, 0) is 14.3 Å². The molecule has 0 atom stereocenters. The molecule has 0 aromatic rings. The number of rotatable bonds is 8. The van der Waals surface area contributed by atoms with Crippen molar-refractivity contribution in [1.82, 2.24) is 4.90 Å². The van der Waals surface area contributed by atoms with Crippen LogP contribution < -0.4 is 0 Å². The zero-order chi connectivity index (χ0) is 13.3. The van der Waals surface area contributed by atoms with Gasteiger partial charge in [-0.15, -0.1) is 0 Å². The summed E-state index contributed by atoms with van der Waals surface area (Å²) in [6, 6.07) is 0. The van der Waals surface area contributed by atoms with Gasteiger partial charge in [0, 0.05) is 13.2 Å². The fourth-order valence-electron chi connectivity index (χ4n) is 1.17. The number of nitrogens with zero attached hydrogens (tertiary/aromatic N) is 1. The van der Waals surface area contributed by atoms with Gasteiger partial charge >= 0.3 is 12.1 Å². The number of carbonyl (C=O) groups excluding carboxylic acids is 1. The Kier molecular flexibility index (Phi) is 7.90. The van der Waals surface area contributed by atoms with E-state index in [2.05, 4.69) is 9.47 Å². The lowest BCUT2D eigenvalue weighted by molar-refractivity contribution is -0.174. The fraction of sp³-hybridized carbons (Fsp3) is 0.900. The molecule has 0 radical (unpaired) electrons. The van der Waals surface area contributed by atoms with Gasteiger partial charge < -0.3 is 9.47 Å². The topological polar surface area (TPSA) is 38.8 Å². The Bertz CT molecular complexity index is 221. The first-order chi connectivity index (χ1) is 7.89. The van der Waals surface area contributed by atoms with E-state index in [4.69, 9.17) is 0 Å². The molecule has 0 fully saturated rings. The van der Waals surface area contributed by atoms with Crippen LogP contribution in [0.15, 0.2) is 0 Å². The van der Waals surface area contributed by atoms with Crippen LogP contribution in [0.25, 0.3) is 0 Å². The molecule has 0 unspecified atom stereocenters. The standard InChI is InChI=1S/C10H18F3NO3/c1-3-14(7-9(15)16-2)5-4-6-17-8-10(11,12)13/h3-8H2,1-2H3. The molecule has 0 saturated carbocycles. The molecule has 0 heterocycles. The van der Waals surface area contributed by atoms with Gasteiger partial charge in [-0.3, -0.25) is 9.69 Å². The molecule has 0 aromatic carbocycles. The molecule has 0 bridgehead atoms. The maximum atomic E-state index is 11.7. The first kappa shape index (κ1) is 16.2. The molecule has 0 aliphatic carbocycles. The Hall–Kier alpha value is -0.820. The summed E-state index contributed by atoms with van der Waals surface area (Å²) < 4.78 is 44.1. The number of hydrogen-bond acceptors (Lipinski definition) is 4. The van der Waals surface area contributed by atoms with Gasteiger partial charge in [-0.2, -0.15) is 13.2 Å². The molecule has 0 aromatic heterocycles. The third kappa shape index (κ3) is 10.1. The van der Waals surface area contributed by atoms with Crippen LogP contribution in [0.1, 0.15) is 13.3 Å². The predicted molar refractivity (Wildman–Crippen MR) is 55.6 cm³/mol. The number of likely N-dealkylation sites (N-methyl/N-ethyl adjacent to an activating group) is 1. The van der Waals surface area contributed by atoms with E-state index in [0.29, 0.717) is 19.5 Å². The van der Waals surface area contributed by atoms with Crippen molar-refractivity contribution < 1.29 is 27.4 Å². The Morgan fingerprint density at radius 3 is 2.47 bits per heavy atom. The Balaban J connectivity index is 3.60. The van der Waals surface area contributed by atoms with Gasteiger partial charge in [-0.05, 0) is 13.0 Å². The maximum absolute atomic E-state index is 11.7. The van der Waals surface area contributed by atoms with Crippen LogP contribution in [0.5, 0.6) is 0 Å². The van der Waals surface area contributed by atoms with E-state index in [1.807, 2.05) is 6.92 Å². The van der Waals surface area contributed by atoms with Crippen LogP contribution >= 0.6 is 0 Å². The van der Waals surface area contributed by atoms with E-state index in [9.17, 15) is 18.0 Å². The van der Waals surface area contributed by atoms with Crippen LogP contribution in [0.4, 0.5) is 13.2 Å². The van der Waals surface area contributed by atoms with Crippen molar-refractivity contribution in [3.63, 3.8) is 0 Å². The summed E-state index contributed by atoms with van der Waals surface area (Å²) in [5.74, 6) is -0.358. The second kappa shape index (κ2) is 8.30. The molecule has 0 aliphatic heterocycles. The minimum Gasteiger partial charge on any atom is -0.468 e. The molecular weight excluding hydrogens is 239 g/mol. The average molecular weight is 257 g/mol. The SMILES string of the molecule is CCN(CCCOCC(F)(F)F)CC(=O)OC. The zero-order valence-electron chi connectivity index (χ0n) is 10.0. The van der Waals surface area contributed by atoms with Gasteiger partial charge in [0.1, 0.15) is 6.61 Å². The number of carbonyl (C=O) groups is 1. The number of esters is 1. The van der Waals surface area contributed by atoms with E-state index >= 15 is 0 Å². The van der Waals surface area contributed by atoms with Crippen LogP contribution in [0.3, 0.4) is 0 Å². The molecular formula is C10H18F3NO3. The Morgan fingerprint density at radius 1 is 1.35 bits per heavy atom. The summed E-state index contributed by atoms with van der Waals surface area (Å²) in [7, 11) is 1.29. The number of alkyl halides is 3. The van der Waals surface area contributed by atoms with Gasteiger partial charge in [-0.25, -0.2) is 0 Å². The summed E-state index contributed by atoms with van der Waals surface area (Å²) in [6.07, 6.45) is -3.84. The predicted octanol–water partition coefficient (Wildman–Crippen LogP) is 1.45. The molecule has 0 rings (SSSR count). The number of methoxy groups -OCH3 is 1. The average Bonchev–Trinajstić information content (AvgIpc) is 2.25. The van der Waals surface area contributed by atoms with Crippen molar-refractivity contribution in [3.8, 4) is 0 Å². The molecule has 0 saturated heterocycles. The van der Waals surface area contributed by atoms with Crippen LogP contribution in [0, 0.1) is 0 Å². The second-order valence-electron chi connectivity index (χ2n) is 3.47. The minimum atomic E-state index is -4.28. The largest absolute Gasteiger partial charge is 0.468 e. The zero-order valence-corrected chi connectivity index (χ0v) is 10.0. The third-order valence-corrected chi connectivity index (χ3v) is 2.06. The first-order valence-corrected chi connectivity index (χ1v) is 5.32. The maximum Gasteiger partial charge on any atom is 0.411 e. The van der Waals surface area contributed by atoms with E-state index in [1.165, 1.54) is 7.11 Å². The highest BCUT2D eigenvalue weighted by Crippen LogP contribution is 2.14. The van der Waals surface area contributed by atoms with E-state index in [0.717, 1.165) is 0 Å². The summed E-state index contributed by atoms with van der Waals surface area (Å²) >= 11 is 0. The summed E-state index contributed by atoms with van der Waals surface area (Å²) in [4.78, 5) is 12.7. The Labute approximate surface area is 98.7 Å². The highest BCUT2D eigenvalue weighted by atomic mass is 19.4. The van der Waals surface area contributed by atoms with Crippen molar-refractivity contribution in [2.45, 2.75) is 19.5 Å². The van der Waals surface area contributed by atoms with Gasteiger partial charge in [0.15, 0.2) is 0 Å². The van der Waals surface area contributed by atoms with Crippen molar-refractivity contribution in [3.05, 3.63) is 0 Å². The third-order valence-electron chi connectivity index (χ3n) is 2.06. The van der Waals surface area contributed by atoms with Crippen LogP contribution in [-0.4, -0.2) is 57.0 Å². The lowest BCUT2D eigenvalue weighted by atomic mass is 10.4. The minimum absolute atomic E-state index is 0.0250. The second-order valence-corrected chi connectivity index (χ2v) is 3.47. The van der Waals surface area contributed by atoms with Crippen molar-refractivity contribution >= 4 is 5.97 Å². The summed E-state index contributed by atoms with van der Waals surface area (Å²) in [5, 5.41) is 0. The molecule has 4 nitrogen and oxygen atoms in total. The number of hydrogen-bond donors (Lipinski definition) is 0. The summed E-state index contributed by atoms with van der Waals surface area (Å²) in [5.41, 5.74) is 0. The Morgan fingerprint density at radius 2 is 2.00 bits per heavy atom. The smallest absolute Gasteiger partial charge is 0.411 e.